The number of aromatic nitrogens is 2. The molecule has 3 aromatic rings. The van der Waals surface area contributed by atoms with Gasteiger partial charge in [0.2, 0.25) is 0 Å². The molecular formula is C20H20FN3O2. The van der Waals surface area contributed by atoms with E-state index >= 15 is 0 Å². The fraction of sp³-hybridized carbons (Fsp3) is 0.200. The van der Waals surface area contributed by atoms with Crippen molar-refractivity contribution in [3.63, 3.8) is 0 Å². The first kappa shape index (κ1) is 17.7. The van der Waals surface area contributed by atoms with Crippen molar-refractivity contribution in [2.75, 3.05) is 7.11 Å². The number of benzene rings is 2. The average molecular weight is 353 g/mol. The number of halogens is 1. The molecule has 1 atom stereocenters. The molecule has 3 rings (SSSR count). The summed E-state index contributed by atoms with van der Waals surface area (Å²) in [7, 11) is 1.63. The zero-order valence-corrected chi connectivity index (χ0v) is 14.6. The summed E-state index contributed by atoms with van der Waals surface area (Å²) in [6.07, 6.45) is 0.682. The molecule has 0 aliphatic carbocycles. The second kappa shape index (κ2) is 7.82. The number of H-pyrrole nitrogens is 1. The summed E-state index contributed by atoms with van der Waals surface area (Å²) < 4.78 is 18.2. The van der Waals surface area contributed by atoms with E-state index in [1.165, 1.54) is 12.1 Å². The standard InChI is InChI=1S/C20H20FN3O2/c1-13(10-14-4-3-5-17(11-14)26-2)22-20(25)19-12-18(23-24-19)15-6-8-16(21)9-7-15/h3-9,11-13H,10H2,1-2H3,(H,22,25)(H,23,24). The van der Waals surface area contributed by atoms with E-state index in [0.29, 0.717) is 17.8 Å². The minimum absolute atomic E-state index is 0.0628. The van der Waals surface area contributed by atoms with Crippen LogP contribution >= 0.6 is 0 Å². The van der Waals surface area contributed by atoms with Crippen molar-refractivity contribution in [1.82, 2.24) is 15.5 Å². The largest absolute Gasteiger partial charge is 0.497 e. The minimum atomic E-state index is -0.311. The lowest BCUT2D eigenvalue weighted by atomic mass is 10.1. The molecule has 2 aromatic carbocycles. The SMILES string of the molecule is COc1cccc(CC(C)NC(=O)c2cc(-c3ccc(F)cc3)n[nH]2)c1. The Bertz CT molecular complexity index is 890. The first-order chi connectivity index (χ1) is 12.5. The molecule has 0 bridgehead atoms. The Morgan fingerprint density at radius 3 is 2.73 bits per heavy atom. The molecule has 1 unspecified atom stereocenters. The Balaban J connectivity index is 1.63. The fourth-order valence-corrected chi connectivity index (χ4v) is 2.71. The number of ether oxygens (including phenoxy) is 1. The summed E-state index contributed by atoms with van der Waals surface area (Å²) >= 11 is 0. The molecule has 26 heavy (non-hydrogen) atoms. The molecule has 1 heterocycles. The molecule has 0 saturated heterocycles. The second-order valence-electron chi connectivity index (χ2n) is 6.10. The van der Waals surface area contributed by atoms with Crippen LogP contribution in [0.2, 0.25) is 0 Å². The van der Waals surface area contributed by atoms with Gasteiger partial charge in [0.15, 0.2) is 0 Å². The Labute approximate surface area is 151 Å². The Morgan fingerprint density at radius 1 is 1.23 bits per heavy atom. The molecule has 134 valence electrons. The number of nitrogens with zero attached hydrogens (tertiary/aromatic N) is 1. The van der Waals surface area contributed by atoms with Crippen molar-refractivity contribution < 1.29 is 13.9 Å². The van der Waals surface area contributed by atoms with Crippen molar-refractivity contribution in [2.45, 2.75) is 19.4 Å². The topological polar surface area (TPSA) is 67.0 Å². The van der Waals surface area contributed by atoms with E-state index in [9.17, 15) is 9.18 Å². The molecule has 0 aliphatic rings. The highest BCUT2D eigenvalue weighted by molar-refractivity contribution is 5.93. The number of carbonyl (C=O) groups excluding carboxylic acids is 1. The normalized spacial score (nSPS) is 11.8. The maximum absolute atomic E-state index is 13.0. The van der Waals surface area contributed by atoms with Gasteiger partial charge < -0.3 is 10.1 Å². The van der Waals surface area contributed by atoms with Gasteiger partial charge in [-0.3, -0.25) is 9.89 Å². The first-order valence-electron chi connectivity index (χ1n) is 8.30. The number of hydrogen-bond donors (Lipinski definition) is 2. The van der Waals surface area contributed by atoms with E-state index in [4.69, 9.17) is 4.74 Å². The molecule has 1 aromatic heterocycles. The van der Waals surface area contributed by atoms with E-state index < -0.39 is 0 Å². The molecule has 5 nitrogen and oxygen atoms in total. The number of carbonyl (C=O) groups is 1. The van der Waals surface area contributed by atoms with Crippen LogP contribution in [0.1, 0.15) is 23.0 Å². The van der Waals surface area contributed by atoms with E-state index in [-0.39, 0.29) is 17.8 Å². The lowest BCUT2D eigenvalue weighted by Crippen LogP contribution is -2.34. The highest BCUT2D eigenvalue weighted by Gasteiger charge is 2.14. The highest BCUT2D eigenvalue weighted by atomic mass is 19.1. The van der Waals surface area contributed by atoms with Gasteiger partial charge in [-0.15, -0.1) is 0 Å². The number of hydrogen-bond acceptors (Lipinski definition) is 3. The van der Waals surface area contributed by atoms with E-state index in [1.54, 1.807) is 25.3 Å². The van der Waals surface area contributed by atoms with Crippen LogP contribution in [0.5, 0.6) is 5.75 Å². The summed E-state index contributed by atoms with van der Waals surface area (Å²) in [6.45, 7) is 1.94. The second-order valence-corrected chi connectivity index (χ2v) is 6.10. The predicted molar refractivity (Wildman–Crippen MR) is 97.6 cm³/mol. The molecular weight excluding hydrogens is 333 g/mol. The van der Waals surface area contributed by atoms with E-state index in [2.05, 4.69) is 15.5 Å². The van der Waals surface area contributed by atoms with Gasteiger partial charge in [-0.05, 0) is 61.4 Å². The van der Waals surface area contributed by atoms with Crippen molar-refractivity contribution in [1.29, 1.82) is 0 Å². The van der Waals surface area contributed by atoms with Gasteiger partial charge in [0.1, 0.15) is 17.3 Å². The summed E-state index contributed by atoms with van der Waals surface area (Å²) in [5.74, 6) is 0.244. The molecule has 0 saturated carbocycles. The van der Waals surface area contributed by atoms with Crippen LogP contribution in [-0.2, 0) is 6.42 Å². The lowest BCUT2D eigenvalue weighted by Gasteiger charge is -2.13. The third-order valence-corrected chi connectivity index (χ3v) is 4.02. The van der Waals surface area contributed by atoms with Gasteiger partial charge in [-0.2, -0.15) is 5.10 Å². The molecule has 0 aliphatic heterocycles. The van der Waals surface area contributed by atoms with Gasteiger partial charge in [0.25, 0.3) is 5.91 Å². The van der Waals surface area contributed by atoms with Crippen molar-refractivity contribution in [3.8, 4) is 17.0 Å². The lowest BCUT2D eigenvalue weighted by molar-refractivity contribution is 0.0935. The number of aromatic amines is 1. The van der Waals surface area contributed by atoms with Crippen molar-refractivity contribution in [2.24, 2.45) is 0 Å². The van der Waals surface area contributed by atoms with Crippen LogP contribution in [-0.4, -0.2) is 29.3 Å². The molecule has 0 radical (unpaired) electrons. The Morgan fingerprint density at radius 2 is 2.00 bits per heavy atom. The van der Waals surface area contributed by atoms with Crippen LogP contribution in [0.3, 0.4) is 0 Å². The number of methoxy groups -OCH3 is 1. The van der Waals surface area contributed by atoms with Crippen LogP contribution in [0.15, 0.2) is 54.6 Å². The maximum atomic E-state index is 13.0. The molecule has 0 fully saturated rings. The quantitative estimate of drug-likeness (QED) is 0.712. The first-order valence-corrected chi connectivity index (χ1v) is 8.30. The Kier molecular flexibility index (Phi) is 5.31. The van der Waals surface area contributed by atoms with Crippen LogP contribution < -0.4 is 10.1 Å². The number of nitrogens with one attached hydrogen (secondary N) is 2. The highest BCUT2D eigenvalue weighted by Crippen LogP contribution is 2.18. The number of rotatable bonds is 6. The van der Waals surface area contributed by atoms with Gasteiger partial charge in [0, 0.05) is 11.6 Å². The maximum Gasteiger partial charge on any atom is 0.269 e. The smallest absolute Gasteiger partial charge is 0.269 e. The zero-order chi connectivity index (χ0) is 18.5. The fourth-order valence-electron chi connectivity index (χ4n) is 2.71. The molecule has 0 spiro atoms. The summed E-state index contributed by atoms with van der Waals surface area (Å²) in [5.41, 5.74) is 2.78. The average Bonchev–Trinajstić information content (AvgIpc) is 3.12. The molecule has 2 N–H and O–H groups in total. The van der Waals surface area contributed by atoms with E-state index in [0.717, 1.165) is 16.9 Å². The monoisotopic (exact) mass is 353 g/mol. The predicted octanol–water partition coefficient (Wildman–Crippen LogP) is 3.59. The van der Waals surface area contributed by atoms with Crippen molar-refractivity contribution >= 4 is 5.91 Å². The summed E-state index contributed by atoms with van der Waals surface area (Å²) in [6, 6.07) is 15.3. The third-order valence-electron chi connectivity index (χ3n) is 4.02. The number of amides is 1. The summed E-state index contributed by atoms with van der Waals surface area (Å²) in [4.78, 5) is 12.4. The Hall–Kier alpha value is -3.15. The van der Waals surface area contributed by atoms with Gasteiger partial charge >= 0.3 is 0 Å². The van der Waals surface area contributed by atoms with E-state index in [1.807, 2.05) is 31.2 Å². The third kappa shape index (κ3) is 4.27. The zero-order valence-electron chi connectivity index (χ0n) is 14.6. The van der Waals surface area contributed by atoms with Crippen molar-refractivity contribution in [3.05, 3.63) is 71.7 Å². The van der Waals surface area contributed by atoms with Gasteiger partial charge in [0.05, 0.1) is 12.8 Å². The van der Waals surface area contributed by atoms with Crippen LogP contribution in [0, 0.1) is 5.82 Å². The summed E-state index contributed by atoms with van der Waals surface area (Å²) in [5, 5.41) is 9.80. The van der Waals surface area contributed by atoms with Gasteiger partial charge in [-0.1, -0.05) is 12.1 Å². The van der Waals surface area contributed by atoms with Crippen LogP contribution in [0.4, 0.5) is 4.39 Å². The van der Waals surface area contributed by atoms with Gasteiger partial charge in [-0.25, -0.2) is 4.39 Å². The molecule has 1 amide bonds. The van der Waals surface area contributed by atoms with Crippen LogP contribution in [0.25, 0.3) is 11.3 Å². The minimum Gasteiger partial charge on any atom is -0.497 e. The molecule has 6 heteroatoms.